The van der Waals surface area contributed by atoms with Crippen molar-refractivity contribution in [3.63, 3.8) is 0 Å². The number of thioether (sulfide) groups is 1. The fraction of sp³-hybridized carbons (Fsp3) is 0.133. The van der Waals surface area contributed by atoms with Crippen molar-refractivity contribution in [2.24, 2.45) is 0 Å². The summed E-state index contributed by atoms with van der Waals surface area (Å²) in [6.45, 7) is 6.30. The van der Waals surface area contributed by atoms with Crippen LogP contribution < -0.4 is 10.2 Å². The van der Waals surface area contributed by atoms with Crippen molar-refractivity contribution in [2.75, 3.05) is 10.2 Å². The molecular weight excluding hydrogens is 480 g/mol. The summed E-state index contributed by atoms with van der Waals surface area (Å²) in [5, 5.41) is 14.5. The number of hydrogen-bond donors (Lipinski definition) is 1. The van der Waals surface area contributed by atoms with Gasteiger partial charge in [0.1, 0.15) is 10.4 Å². The van der Waals surface area contributed by atoms with Crippen LogP contribution >= 0.6 is 23.1 Å². The Bertz CT molecular complexity index is 1590. The van der Waals surface area contributed by atoms with Crippen molar-refractivity contribution >= 4 is 44.7 Å². The summed E-state index contributed by atoms with van der Waals surface area (Å²) in [4.78, 5) is 8.23. The van der Waals surface area contributed by atoms with Gasteiger partial charge in [0.05, 0.1) is 21.9 Å². The van der Waals surface area contributed by atoms with E-state index < -0.39 is 0 Å². The van der Waals surface area contributed by atoms with Gasteiger partial charge in [-0.15, -0.1) is 11.3 Å². The zero-order chi connectivity index (χ0) is 24.8. The third-order valence-electron chi connectivity index (χ3n) is 6.46. The number of nitrogens with one attached hydrogen (secondary N) is 1. The number of allylic oxidation sites excluding steroid dienone is 5. The third kappa shape index (κ3) is 4.01. The Morgan fingerprint density at radius 1 is 0.972 bits per heavy atom. The highest BCUT2D eigenvalue weighted by atomic mass is 32.2. The van der Waals surface area contributed by atoms with Gasteiger partial charge in [-0.3, -0.25) is 0 Å². The van der Waals surface area contributed by atoms with Gasteiger partial charge >= 0.3 is 0 Å². The Labute approximate surface area is 219 Å². The van der Waals surface area contributed by atoms with E-state index >= 15 is 0 Å². The molecule has 176 valence electrons. The molecule has 36 heavy (non-hydrogen) atoms. The van der Waals surface area contributed by atoms with E-state index in [1.54, 1.807) is 23.1 Å². The number of para-hydroxylation sites is 1. The SMILES string of the molecule is CC1=CC(=C(C#N)C2Nc3ccccc3S2)C=C(C)N1c1ccc(-c2nc3ccc(C)cc3s2)cc1. The predicted molar refractivity (Wildman–Crippen MR) is 152 cm³/mol. The van der Waals surface area contributed by atoms with Crippen molar-refractivity contribution < 1.29 is 0 Å². The van der Waals surface area contributed by atoms with Crippen LogP contribution in [-0.2, 0) is 0 Å². The number of hydrogen-bond acceptors (Lipinski definition) is 6. The van der Waals surface area contributed by atoms with E-state index in [2.05, 4.69) is 104 Å². The Hall–Kier alpha value is -3.79. The van der Waals surface area contributed by atoms with Gasteiger partial charge in [0.15, 0.2) is 0 Å². The molecule has 2 aliphatic heterocycles. The van der Waals surface area contributed by atoms with Crippen LogP contribution in [0.3, 0.4) is 0 Å². The topological polar surface area (TPSA) is 52.0 Å². The maximum absolute atomic E-state index is 10.0. The van der Waals surface area contributed by atoms with Crippen LogP contribution in [-0.4, -0.2) is 10.4 Å². The summed E-state index contributed by atoms with van der Waals surface area (Å²) in [7, 11) is 0. The van der Waals surface area contributed by atoms with E-state index in [0.717, 1.165) is 50.0 Å². The number of nitriles is 1. The molecule has 4 aromatic rings. The largest absolute Gasteiger partial charge is 0.368 e. The highest BCUT2D eigenvalue weighted by Crippen LogP contribution is 2.42. The van der Waals surface area contributed by atoms with Gasteiger partial charge in [0, 0.05) is 33.2 Å². The summed E-state index contributed by atoms with van der Waals surface area (Å²) < 4.78 is 1.22. The smallest absolute Gasteiger partial charge is 0.124 e. The first-order chi connectivity index (χ1) is 17.5. The van der Waals surface area contributed by atoms with Gasteiger partial charge in [-0.1, -0.05) is 30.0 Å². The first-order valence-electron chi connectivity index (χ1n) is 11.8. The molecule has 0 radical (unpaired) electrons. The monoisotopic (exact) mass is 504 g/mol. The number of thiazole rings is 1. The standard InChI is InChI=1S/C30H24N4S2/c1-18-8-13-26-28(14-18)36-29(32-26)21-9-11-23(12-10-21)34-19(2)15-22(16-20(34)3)24(17-31)30-33-25-6-4-5-7-27(25)35-30/h4-16,30,33H,1-3H3. The second-order valence-corrected chi connectivity index (χ2v) is 11.2. The zero-order valence-electron chi connectivity index (χ0n) is 20.2. The van der Waals surface area contributed by atoms with Crippen LogP contribution in [0.4, 0.5) is 11.4 Å². The first-order valence-corrected chi connectivity index (χ1v) is 13.5. The molecule has 0 bridgehead atoms. The van der Waals surface area contributed by atoms with Crippen LogP contribution in [0.2, 0.25) is 0 Å². The van der Waals surface area contributed by atoms with Crippen LogP contribution in [0.15, 0.2) is 106 Å². The number of benzene rings is 3. The molecular formula is C30H24N4S2. The Balaban J connectivity index is 1.28. The molecule has 0 aliphatic carbocycles. The maximum Gasteiger partial charge on any atom is 0.124 e. The number of rotatable bonds is 3. The quantitative estimate of drug-likeness (QED) is 0.285. The van der Waals surface area contributed by atoms with E-state index in [1.165, 1.54) is 15.2 Å². The molecule has 6 rings (SSSR count). The molecule has 2 aliphatic rings. The van der Waals surface area contributed by atoms with E-state index in [9.17, 15) is 5.26 Å². The molecule has 0 amide bonds. The lowest BCUT2D eigenvalue weighted by Crippen LogP contribution is -2.23. The lowest BCUT2D eigenvalue weighted by Gasteiger charge is -2.30. The Morgan fingerprint density at radius 3 is 2.44 bits per heavy atom. The molecule has 1 N–H and O–H groups in total. The van der Waals surface area contributed by atoms with Crippen molar-refractivity contribution in [2.45, 2.75) is 31.0 Å². The molecule has 1 atom stereocenters. The fourth-order valence-corrected chi connectivity index (χ4v) is 6.99. The molecule has 4 nitrogen and oxygen atoms in total. The second-order valence-electron chi connectivity index (χ2n) is 9.06. The van der Waals surface area contributed by atoms with Crippen molar-refractivity contribution in [1.82, 2.24) is 4.98 Å². The summed E-state index contributed by atoms with van der Waals surface area (Å²) in [5.41, 5.74) is 9.47. The number of nitrogens with zero attached hydrogens (tertiary/aromatic N) is 3. The summed E-state index contributed by atoms with van der Waals surface area (Å²) >= 11 is 3.42. The summed E-state index contributed by atoms with van der Waals surface area (Å²) in [6, 6.07) is 25.6. The highest BCUT2D eigenvalue weighted by Gasteiger charge is 2.27. The molecule has 3 heterocycles. The van der Waals surface area contributed by atoms with E-state index in [4.69, 9.17) is 4.98 Å². The van der Waals surface area contributed by atoms with Crippen LogP contribution in [0.5, 0.6) is 0 Å². The molecule has 0 spiro atoms. The Kier molecular flexibility index (Phi) is 5.67. The van der Waals surface area contributed by atoms with Crippen molar-refractivity contribution in [3.05, 3.63) is 107 Å². The molecule has 1 aromatic heterocycles. The molecule has 0 fully saturated rings. The normalized spacial score (nSPS) is 16.8. The average molecular weight is 505 g/mol. The molecule has 1 unspecified atom stereocenters. The van der Waals surface area contributed by atoms with Crippen LogP contribution in [0, 0.1) is 18.3 Å². The van der Waals surface area contributed by atoms with Crippen molar-refractivity contribution in [3.8, 4) is 16.6 Å². The molecule has 0 saturated heterocycles. The molecule has 3 aromatic carbocycles. The number of anilines is 2. The minimum Gasteiger partial charge on any atom is -0.368 e. The highest BCUT2D eigenvalue weighted by molar-refractivity contribution is 8.00. The number of aryl methyl sites for hydroxylation is 1. The minimum atomic E-state index is -0.0843. The number of fused-ring (bicyclic) bond motifs is 2. The molecule has 0 saturated carbocycles. The summed E-state index contributed by atoms with van der Waals surface area (Å²) in [6.07, 6.45) is 4.22. The Morgan fingerprint density at radius 2 is 1.72 bits per heavy atom. The average Bonchev–Trinajstić information content (AvgIpc) is 3.48. The minimum absolute atomic E-state index is 0.0843. The summed E-state index contributed by atoms with van der Waals surface area (Å²) in [5.74, 6) is 0. The zero-order valence-corrected chi connectivity index (χ0v) is 21.9. The third-order valence-corrected chi connectivity index (χ3v) is 8.73. The number of aromatic nitrogens is 1. The van der Waals surface area contributed by atoms with Gasteiger partial charge in [0.25, 0.3) is 0 Å². The van der Waals surface area contributed by atoms with Gasteiger partial charge in [0.2, 0.25) is 0 Å². The van der Waals surface area contributed by atoms with Gasteiger partial charge in [-0.05, 0) is 92.6 Å². The lowest BCUT2D eigenvalue weighted by molar-refractivity contribution is 1.03. The van der Waals surface area contributed by atoms with Crippen molar-refractivity contribution in [1.29, 1.82) is 5.26 Å². The first kappa shape index (κ1) is 22.7. The van der Waals surface area contributed by atoms with Crippen LogP contribution in [0.1, 0.15) is 19.4 Å². The van der Waals surface area contributed by atoms with E-state index in [0.29, 0.717) is 0 Å². The second kappa shape index (κ2) is 9.02. The van der Waals surface area contributed by atoms with Crippen LogP contribution in [0.25, 0.3) is 20.8 Å². The van der Waals surface area contributed by atoms with Gasteiger partial charge < -0.3 is 10.2 Å². The lowest BCUT2D eigenvalue weighted by atomic mass is 10.0. The fourth-order valence-electron chi connectivity index (χ4n) is 4.76. The van der Waals surface area contributed by atoms with E-state index in [-0.39, 0.29) is 5.37 Å². The van der Waals surface area contributed by atoms with Gasteiger partial charge in [-0.2, -0.15) is 5.26 Å². The molecule has 6 heteroatoms. The van der Waals surface area contributed by atoms with Gasteiger partial charge in [-0.25, -0.2) is 4.98 Å². The maximum atomic E-state index is 10.0. The van der Waals surface area contributed by atoms with E-state index in [1.807, 2.05) is 12.1 Å². The predicted octanol–water partition coefficient (Wildman–Crippen LogP) is 8.26.